The molecule has 7 heteroatoms. The van der Waals surface area contributed by atoms with E-state index in [1.54, 1.807) is 0 Å². The van der Waals surface area contributed by atoms with Crippen molar-refractivity contribution < 1.29 is 17.9 Å². The highest BCUT2D eigenvalue weighted by Gasteiger charge is 2.32. The first kappa shape index (κ1) is 10.6. The SMILES string of the molecule is FCC(F)(F)Oc1ncc(CCl)s1. The Hall–Kier alpha value is -0.490. The Morgan fingerprint density at radius 1 is 1.62 bits per heavy atom. The third-order valence-electron chi connectivity index (χ3n) is 1.06. The van der Waals surface area contributed by atoms with Crippen molar-refractivity contribution in [2.75, 3.05) is 6.67 Å². The molecule has 0 aromatic carbocycles. The van der Waals surface area contributed by atoms with Crippen LogP contribution in [0.2, 0.25) is 0 Å². The molecule has 0 aliphatic heterocycles. The quantitative estimate of drug-likeness (QED) is 0.744. The van der Waals surface area contributed by atoms with Crippen LogP contribution in [-0.4, -0.2) is 17.8 Å². The van der Waals surface area contributed by atoms with Gasteiger partial charge in [-0.2, -0.15) is 8.78 Å². The molecule has 0 bridgehead atoms. The standard InChI is InChI=1S/C6H5ClF3NOS/c7-1-4-2-11-5(13-4)12-6(9,10)3-8/h2H,1,3H2. The number of ether oxygens (including phenoxy) is 1. The topological polar surface area (TPSA) is 22.1 Å². The summed E-state index contributed by atoms with van der Waals surface area (Å²) in [5.41, 5.74) is 0. The molecule has 0 fully saturated rings. The highest BCUT2D eigenvalue weighted by molar-refractivity contribution is 7.13. The Balaban J connectivity index is 2.63. The van der Waals surface area contributed by atoms with Gasteiger partial charge in [-0.25, -0.2) is 9.37 Å². The summed E-state index contributed by atoms with van der Waals surface area (Å²) in [5.74, 6) is 0.169. The fourth-order valence-corrected chi connectivity index (χ4v) is 1.44. The zero-order valence-electron chi connectivity index (χ0n) is 6.27. The van der Waals surface area contributed by atoms with Crippen LogP contribution < -0.4 is 4.74 Å². The summed E-state index contributed by atoms with van der Waals surface area (Å²) in [7, 11) is 0. The van der Waals surface area contributed by atoms with Crippen LogP contribution in [0.3, 0.4) is 0 Å². The zero-order valence-corrected chi connectivity index (χ0v) is 7.84. The van der Waals surface area contributed by atoms with E-state index in [1.807, 2.05) is 0 Å². The van der Waals surface area contributed by atoms with E-state index in [-0.39, 0.29) is 11.1 Å². The Kier molecular flexibility index (Phi) is 3.38. The van der Waals surface area contributed by atoms with E-state index < -0.39 is 12.8 Å². The van der Waals surface area contributed by atoms with Gasteiger partial charge in [0.2, 0.25) is 0 Å². The van der Waals surface area contributed by atoms with Crippen molar-refractivity contribution in [1.82, 2.24) is 4.98 Å². The van der Waals surface area contributed by atoms with Crippen LogP contribution in [0.5, 0.6) is 5.19 Å². The van der Waals surface area contributed by atoms with E-state index in [1.165, 1.54) is 6.20 Å². The summed E-state index contributed by atoms with van der Waals surface area (Å²) in [6, 6.07) is 0. The first-order valence-corrected chi connectivity index (χ1v) is 4.56. The lowest BCUT2D eigenvalue weighted by atomic mass is 10.6. The molecular formula is C6H5ClF3NOS. The fourth-order valence-electron chi connectivity index (χ4n) is 0.554. The summed E-state index contributed by atoms with van der Waals surface area (Å²) in [5, 5.41) is -0.279. The summed E-state index contributed by atoms with van der Waals surface area (Å²) >= 11 is 6.26. The van der Waals surface area contributed by atoms with Gasteiger partial charge >= 0.3 is 6.11 Å². The van der Waals surface area contributed by atoms with E-state index in [0.717, 1.165) is 11.3 Å². The second-order valence-corrected chi connectivity index (χ2v) is 3.44. The van der Waals surface area contributed by atoms with Gasteiger partial charge in [-0.05, 0) is 0 Å². The van der Waals surface area contributed by atoms with Crippen molar-refractivity contribution in [3.05, 3.63) is 11.1 Å². The molecule has 0 amide bonds. The van der Waals surface area contributed by atoms with E-state index in [2.05, 4.69) is 9.72 Å². The number of thiazole rings is 1. The number of nitrogens with zero attached hydrogens (tertiary/aromatic N) is 1. The molecule has 1 aromatic rings. The third kappa shape index (κ3) is 3.04. The van der Waals surface area contributed by atoms with Gasteiger partial charge < -0.3 is 4.74 Å². The van der Waals surface area contributed by atoms with E-state index in [0.29, 0.717) is 4.88 Å². The number of hydrogen-bond donors (Lipinski definition) is 0. The maximum Gasteiger partial charge on any atom is 0.428 e. The molecule has 0 unspecified atom stereocenters. The maximum atomic E-state index is 12.3. The van der Waals surface area contributed by atoms with Gasteiger partial charge in [0, 0.05) is 11.1 Å². The molecule has 0 aliphatic rings. The predicted molar refractivity (Wildman–Crippen MR) is 43.2 cm³/mol. The van der Waals surface area contributed by atoms with Crippen LogP contribution in [0.15, 0.2) is 6.20 Å². The van der Waals surface area contributed by atoms with Crippen molar-refractivity contribution in [3.63, 3.8) is 0 Å². The van der Waals surface area contributed by atoms with Gasteiger partial charge in [-0.1, -0.05) is 11.3 Å². The van der Waals surface area contributed by atoms with Crippen LogP contribution in [0.1, 0.15) is 4.88 Å². The molecule has 0 atom stereocenters. The van der Waals surface area contributed by atoms with Gasteiger partial charge in [0.05, 0.1) is 5.88 Å². The Morgan fingerprint density at radius 3 is 2.77 bits per heavy atom. The molecule has 1 aromatic heterocycles. The van der Waals surface area contributed by atoms with Crippen molar-refractivity contribution in [3.8, 4) is 5.19 Å². The molecule has 0 saturated carbocycles. The summed E-state index contributed by atoms with van der Waals surface area (Å²) in [4.78, 5) is 4.07. The van der Waals surface area contributed by atoms with E-state index >= 15 is 0 Å². The van der Waals surface area contributed by atoms with Gasteiger partial charge in [0.25, 0.3) is 5.19 Å². The van der Waals surface area contributed by atoms with Gasteiger partial charge in [0.1, 0.15) is 0 Å². The summed E-state index contributed by atoms with van der Waals surface area (Å²) < 4.78 is 40.2. The molecule has 74 valence electrons. The molecule has 0 saturated heterocycles. The summed E-state index contributed by atoms with van der Waals surface area (Å²) in [6.45, 7) is -1.87. The van der Waals surface area contributed by atoms with E-state index in [4.69, 9.17) is 11.6 Å². The van der Waals surface area contributed by atoms with Gasteiger partial charge in [0.15, 0.2) is 6.67 Å². The highest BCUT2D eigenvalue weighted by Crippen LogP contribution is 2.27. The molecule has 0 spiro atoms. The van der Waals surface area contributed by atoms with Crippen LogP contribution in [0.25, 0.3) is 0 Å². The summed E-state index contributed by atoms with van der Waals surface area (Å²) in [6.07, 6.45) is -2.50. The Bertz CT molecular complexity index is 281. The third-order valence-corrected chi connectivity index (χ3v) is 2.38. The smallest absolute Gasteiger partial charge is 0.403 e. The molecule has 2 nitrogen and oxygen atoms in total. The largest absolute Gasteiger partial charge is 0.428 e. The number of alkyl halides is 4. The Morgan fingerprint density at radius 2 is 2.31 bits per heavy atom. The van der Waals surface area contributed by atoms with Crippen LogP contribution >= 0.6 is 22.9 Å². The molecule has 13 heavy (non-hydrogen) atoms. The van der Waals surface area contributed by atoms with Crippen molar-refractivity contribution in [2.45, 2.75) is 12.0 Å². The molecular weight excluding hydrogens is 227 g/mol. The first-order chi connectivity index (χ1) is 6.07. The number of hydrogen-bond acceptors (Lipinski definition) is 3. The first-order valence-electron chi connectivity index (χ1n) is 3.21. The number of aromatic nitrogens is 1. The Labute approximate surface area is 81.3 Å². The number of halogens is 4. The minimum Gasteiger partial charge on any atom is -0.403 e. The van der Waals surface area contributed by atoms with Crippen LogP contribution in [0.4, 0.5) is 13.2 Å². The molecule has 0 radical (unpaired) electrons. The second kappa shape index (κ2) is 4.15. The fraction of sp³-hybridized carbons (Fsp3) is 0.500. The monoisotopic (exact) mass is 231 g/mol. The molecule has 0 N–H and O–H groups in total. The minimum absolute atomic E-state index is 0.169. The lowest BCUT2D eigenvalue weighted by Crippen LogP contribution is -2.26. The molecule has 1 rings (SSSR count). The van der Waals surface area contributed by atoms with Crippen LogP contribution in [-0.2, 0) is 5.88 Å². The second-order valence-electron chi connectivity index (χ2n) is 2.10. The van der Waals surface area contributed by atoms with Crippen molar-refractivity contribution in [2.24, 2.45) is 0 Å². The van der Waals surface area contributed by atoms with Gasteiger partial charge in [-0.3, -0.25) is 0 Å². The lowest BCUT2D eigenvalue weighted by molar-refractivity contribution is -0.186. The average molecular weight is 232 g/mol. The normalized spacial score (nSPS) is 11.7. The average Bonchev–Trinajstić information content (AvgIpc) is 2.52. The van der Waals surface area contributed by atoms with Crippen LogP contribution in [0, 0.1) is 0 Å². The van der Waals surface area contributed by atoms with Crippen molar-refractivity contribution in [1.29, 1.82) is 0 Å². The van der Waals surface area contributed by atoms with Crippen molar-refractivity contribution >= 4 is 22.9 Å². The lowest BCUT2D eigenvalue weighted by Gasteiger charge is -2.10. The highest BCUT2D eigenvalue weighted by atomic mass is 35.5. The zero-order chi connectivity index (χ0) is 9.90. The molecule has 0 aliphatic carbocycles. The predicted octanol–water partition coefficient (Wildman–Crippen LogP) is 2.82. The van der Waals surface area contributed by atoms with Gasteiger partial charge in [-0.15, -0.1) is 11.6 Å². The minimum atomic E-state index is -3.80. The number of rotatable bonds is 4. The van der Waals surface area contributed by atoms with E-state index in [9.17, 15) is 13.2 Å². The maximum absolute atomic E-state index is 12.3. The molecule has 1 heterocycles.